The summed E-state index contributed by atoms with van der Waals surface area (Å²) < 4.78 is 19.3. The normalized spacial score (nSPS) is 10.4. The first kappa shape index (κ1) is 14.9. The number of nitrogen functional groups attached to an aromatic ring is 1. The van der Waals surface area contributed by atoms with Gasteiger partial charge in [0.1, 0.15) is 11.6 Å². The quantitative estimate of drug-likeness (QED) is 0.644. The zero-order valence-corrected chi connectivity index (χ0v) is 13.5. The minimum atomic E-state index is -0.253. The van der Waals surface area contributed by atoms with Crippen LogP contribution in [0.1, 0.15) is 5.56 Å². The molecule has 0 atom stereocenters. The fraction of sp³-hybridized carbons (Fsp3) is 0.200. The van der Waals surface area contributed by atoms with Crippen molar-refractivity contribution in [3.63, 3.8) is 0 Å². The molecule has 5 heteroatoms. The Kier molecular flexibility index (Phi) is 4.69. The van der Waals surface area contributed by atoms with Crippen molar-refractivity contribution in [3.05, 3.63) is 51.3 Å². The van der Waals surface area contributed by atoms with Crippen molar-refractivity contribution in [3.8, 4) is 5.75 Å². The Hall–Kier alpha value is -1.50. The highest BCUT2D eigenvalue weighted by atomic mass is 127. The van der Waals surface area contributed by atoms with Crippen LogP contribution in [0.2, 0.25) is 0 Å². The highest BCUT2D eigenvalue weighted by Gasteiger charge is 2.10. The molecular formula is C15H16FIN2O. The molecule has 0 unspecified atom stereocenters. The number of anilines is 2. The predicted octanol–water partition coefficient (Wildman–Crippen LogP) is 3.66. The van der Waals surface area contributed by atoms with E-state index in [1.165, 1.54) is 6.07 Å². The van der Waals surface area contributed by atoms with Crippen molar-refractivity contribution >= 4 is 34.0 Å². The molecule has 20 heavy (non-hydrogen) atoms. The topological polar surface area (TPSA) is 38.5 Å². The number of ether oxygens (including phenoxy) is 1. The van der Waals surface area contributed by atoms with Gasteiger partial charge >= 0.3 is 0 Å². The first-order valence-electron chi connectivity index (χ1n) is 6.10. The van der Waals surface area contributed by atoms with E-state index < -0.39 is 0 Å². The third-order valence-corrected chi connectivity index (χ3v) is 3.89. The van der Waals surface area contributed by atoms with Gasteiger partial charge in [-0.05, 0) is 46.4 Å². The summed E-state index contributed by atoms with van der Waals surface area (Å²) in [4.78, 5) is 1.93. The van der Waals surface area contributed by atoms with Gasteiger partial charge in [0, 0.05) is 19.7 Å². The number of hydrogen-bond donors (Lipinski definition) is 1. The second kappa shape index (κ2) is 6.30. The van der Waals surface area contributed by atoms with Crippen LogP contribution in [-0.4, -0.2) is 14.2 Å². The second-order valence-electron chi connectivity index (χ2n) is 4.53. The van der Waals surface area contributed by atoms with Crippen molar-refractivity contribution < 1.29 is 9.13 Å². The van der Waals surface area contributed by atoms with Crippen LogP contribution in [-0.2, 0) is 6.54 Å². The van der Waals surface area contributed by atoms with Crippen LogP contribution in [0.25, 0.3) is 0 Å². The van der Waals surface area contributed by atoms with E-state index >= 15 is 0 Å². The van der Waals surface area contributed by atoms with Gasteiger partial charge in [0.2, 0.25) is 0 Å². The smallest absolute Gasteiger partial charge is 0.138 e. The maximum atomic E-state index is 13.7. The maximum Gasteiger partial charge on any atom is 0.138 e. The number of halogens is 2. The van der Waals surface area contributed by atoms with Gasteiger partial charge in [-0.15, -0.1) is 0 Å². The standard InChI is InChI=1S/C15H16FIN2O/c1-19(9-10-3-5-11(20-2)6-4-10)15-7-12(16)13(17)8-14(15)18/h3-8H,9,18H2,1-2H3. The summed E-state index contributed by atoms with van der Waals surface area (Å²) in [5, 5.41) is 0. The molecule has 0 heterocycles. The third-order valence-electron chi connectivity index (χ3n) is 3.06. The highest BCUT2D eigenvalue weighted by Crippen LogP contribution is 2.28. The molecule has 0 aliphatic rings. The summed E-state index contributed by atoms with van der Waals surface area (Å²) in [6.45, 7) is 0.647. The Balaban J connectivity index is 2.18. The van der Waals surface area contributed by atoms with Crippen molar-refractivity contribution in [1.29, 1.82) is 0 Å². The van der Waals surface area contributed by atoms with Crippen LogP contribution in [0.15, 0.2) is 36.4 Å². The zero-order chi connectivity index (χ0) is 14.7. The van der Waals surface area contributed by atoms with Gasteiger partial charge in [0.25, 0.3) is 0 Å². The van der Waals surface area contributed by atoms with E-state index in [0.717, 1.165) is 11.3 Å². The summed E-state index contributed by atoms with van der Waals surface area (Å²) in [6.07, 6.45) is 0. The Bertz CT molecular complexity index is 602. The fourth-order valence-electron chi connectivity index (χ4n) is 1.97. The molecule has 3 nitrogen and oxygen atoms in total. The highest BCUT2D eigenvalue weighted by molar-refractivity contribution is 14.1. The summed E-state index contributed by atoms with van der Waals surface area (Å²) in [6, 6.07) is 10.9. The van der Waals surface area contributed by atoms with Gasteiger partial charge in [0.15, 0.2) is 0 Å². The lowest BCUT2D eigenvalue weighted by atomic mass is 10.2. The molecule has 2 rings (SSSR count). The maximum absolute atomic E-state index is 13.7. The average Bonchev–Trinajstić information content (AvgIpc) is 2.43. The Labute approximate surface area is 131 Å². The molecule has 0 bridgehead atoms. The molecule has 0 radical (unpaired) electrons. The van der Waals surface area contributed by atoms with E-state index in [-0.39, 0.29) is 5.82 Å². The van der Waals surface area contributed by atoms with Gasteiger partial charge < -0.3 is 15.4 Å². The van der Waals surface area contributed by atoms with Crippen molar-refractivity contribution in [1.82, 2.24) is 0 Å². The van der Waals surface area contributed by atoms with Gasteiger partial charge in [-0.2, -0.15) is 0 Å². The third kappa shape index (κ3) is 3.33. The van der Waals surface area contributed by atoms with E-state index in [2.05, 4.69) is 0 Å². The predicted molar refractivity (Wildman–Crippen MR) is 88.6 cm³/mol. The van der Waals surface area contributed by atoms with Crippen molar-refractivity contribution in [2.24, 2.45) is 0 Å². The number of rotatable bonds is 4. The molecule has 0 saturated carbocycles. The number of methoxy groups -OCH3 is 1. The first-order chi connectivity index (χ1) is 9.51. The van der Waals surface area contributed by atoms with Crippen LogP contribution in [0.3, 0.4) is 0 Å². The van der Waals surface area contributed by atoms with Crippen molar-refractivity contribution in [2.75, 3.05) is 24.8 Å². The van der Waals surface area contributed by atoms with Crippen LogP contribution in [0.4, 0.5) is 15.8 Å². The SMILES string of the molecule is COc1ccc(CN(C)c2cc(F)c(I)cc2N)cc1. The molecule has 0 amide bonds. The molecule has 2 aromatic carbocycles. The molecule has 0 aromatic heterocycles. The Morgan fingerprint density at radius 2 is 1.90 bits per heavy atom. The number of nitrogens with zero attached hydrogens (tertiary/aromatic N) is 1. The lowest BCUT2D eigenvalue weighted by Gasteiger charge is -2.21. The monoisotopic (exact) mass is 386 g/mol. The molecule has 2 aromatic rings. The summed E-state index contributed by atoms with van der Waals surface area (Å²) >= 11 is 1.93. The first-order valence-corrected chi connectivity index (χ1v) is 7.17. The van der Waals surface area contributed by atoms with Gasteiger partial charge in [-0.1, -0.05) is 12.1 Å². The average molecular weight is 386 g/mol. The molecule has 0 aliphatic heterocycles. The summed E-state index contributed by atoms with van der Waals surface area (Å²) in [7, 11) is 3.53. The molecular weight excluding hydrogens is 370 g/mol. The van der Waals surface area contributed by atoms with E-state index in [4.69, 9.17) is 10.5 Å². The molecule has 0 aliphatic carbocycles. The lowest BCUT2D eigenvalue weighted by Crippen LogP contribution is -2.18. The van der Waals surface area contributed by atoms with E-state index in [0.29, 0.717) is 21.5 Å². The largest absolute Gasteiger partial charge is 0.497 e. The minimum Gasteiger partial charge on any atom is -0.497 e. The van der Waals surface area contributed by atoms with E-state index in [1.54, 1.807) is 13.2 Å². The van der Waals surface area contributed by atoms with E-state index in [1.807, 2.05) is 58.8 Å². The summed E-state index contributed by atoms with van der Waals surface area (Å²) in [5.74, 6) is 0.563. The van der Waals surface area contributed by atoms with Crippen LogP contribution >= 0.6 is 22.6 Å². The number of benzene rings is 2. The van der Waals surface area contributed by atoms with Crippen LogP contribution in [0.5, 0.6) is 5.75 Å². The van der Waals surface area contributed by atoms with Crippen LogP contribution in [0, 0.1) is 9.39 Å². The number of hydrogen-bond acceptors (Lipinski definition) is 3. The fourth-order valence-corrected chi connectivity index (χ4v) is 2.46. The molecule has 106 valence electrons. The minimum absolute atomic E-state index is 0.253. The molecule has 2 N–H and O–H groups in total. The molecule has 0 saturated heterocycles. The van der Waals surface area contributed by atoms with E-state index in [9.17, 15) is 4.39 Å². The zero-order valence-electron chi connectivity index (χ0n) is 11.4. The molecule has 0 fully saturated rings. The van der Waals surface area contributed by atoms with Gasteiger partial charge in [0.05, 0.1) is 22.1 Å². The Morgan fingerprint density at radius 1 is 1.25 bits per heavy atom. The molecule has 0 spiro atoms. The Morgan fingerprint density at radius 3 is 2.50 bits per heavy atom. The van der Waals surface area contributed by atoms with Gasteiger partial charge in [-0.3, -0.25) is 0 Å². The van der Waals surface area contributed by atoms with Gasteiger partial charge in [-0.25, -0.2) is 4.39 Å². The second-order valence-corrected chi connectivity index (χ2v) is 5.69. The van der Waals surface area contributed by atoms with Crippen LogP contribution < -0.4 is 15.4 Å². The summed E-state index contributed by atoms with van der Waals surface area (Å²) in [5.41, 5.74) is 8.33. The number of nitrogens with two attached hydrogens (primary N) is 1. The van der Waals surface area contributed by atoms with Crippen molar-refractivity contribution in [2.45, 2.75) is 6.54 Å². The lowest BCUT2D eigenvalue weighted by molar-refractivity contribution is 0.414.